The van der Waals surface area contributed by atoms with E-state index in [1.807, 2.05) is 44.1 Å². The smallest absolute Gasteiger partial charge is 0.244 e. The van der Waals surface area contributed by atoms with Crippen LogP contribution in [0.1, 0.15) is 24.1 Å². The fourth-order valence-electron chi connectivity index (χ4n) is 2.33. The van der Waals surface area contributed by atoms with E-state index >= 15 is 0 Å². The van der Waals surface area contributed by atoms with E-state index in [-0.39, 0.29) is 11.9 Å². The maximum Gasteiger partial charge on any atom is 0.244 e. The molecule has 0 fully saturated rings. The number of hydrogen-bond donors (Lipinski definition) is 1. The topological polar surface area (TPSA) is 41.6 Å². The number of rotatable bonds is 5. The maximum atomic E-state index is 11.9. The maximum absolute atomic E-state index is 11.9. The number of likely N-dealkylation sites (N-methyl/N-ethyl adjacent to an activating group) is 1. The number of hydrogen-bond acceptors (Lipinski definition) is 3. The minimum absolute atomic E-state index is 0.115. The molecular weight excluding hydrogens is 288 g/mol. The number of halogens is 1. The highest BCUT2D eigenvalue weighted by Crippen LogP contribution is 2.36. The van der Waals surface area contributed by atoms with Gasteiger partial charge in [0.15, 0.2) is 0 Å². The van der Waals surface area contributed by atoms with E-state index in [4.69, 9.17) is 16.3 Å². The van der Waals surface area contributed by atoms with Crippen molar-refractivity contribution in [2.75, 3.05) is 27.2 Å². The lowest BCUT2D eigenvalue weighted by Gasteiger charge is -2.17. The molecule has 1 N–H and O–H groups in total. The quantitative estimate of drug-likeness (QED) is 0.850. The normalized spacial score (nSPS) is 15.1. The van der Waals surface area contributed by atoms with Crippen LogP contribution in [0.3, 0.4) is 0 Å². The van der Waals surface area contributed by atoms with Gasteiger partial charge in [-0.05, 0) is 38.7 Å². The number of fused-ring (bicyclic) bond motifs is 1. The molecule has 1 heterocycles. The lowest BCUT2D eigenvalue weighted by molar-refractivity contribution is -0.117. The summed E-state index contributed by atoms with van der Waals surface area (Å²) in [7, 11) is 3.91. The van der Waals surface area contributed by atoms with Crippen LogP contribution in [0.15, 0.2) is 24.3 Å². The van der Waals surface area contributed by atoms with Crippen molar-refractivity contribution in [3.63, 3.8) is 0 Å². The van der Waals surface area contributed by atoms with Gasteiger partial charge in [0.25, 0.3) is 0 Å². The number of carbonyl (C=O) groups is 1. The monoisotopic (exact) mass is 308 g/mol. The Kier molecular flexibility index (Phi) is 5.26. The van der Waals surface area contributed by atoms with Crippen molar-refractivity contribution in [3.05, 3.63) is 40.4 Å². The van der Waals surface area contributed by atoms with Gasteiger partial charge in [0.05, 0.1) is 12.6 Å². The first-order valence-electron chi connectivity index (χ1n) is 7.04. The van der Waals surface area contributed by atoms with E-state index in [9.17, 15) is 4.79 Å². The summed E-state index contributed by atoms with van der Waals surface area (Å²) < 4.78 is 5.67. The van der Waals surface area contributed by atoms with Gasteiger partial charge < -0.3 is 15.0 Å². The van der Waals surface area contributed by atoms with E-state index < -0.39 is 0 Å². The molecule has 0 spiro atoms. The number of benzene rings is 1. The van der Waals surface area contributed by atoms with Gasteiger partial charge in [-0.3, -0.25) is 4.79 Å². The van der Waals surface area contributed by atoms with Crippen LogP contribution in [0, 0.1) is 0 Å². The Morgan fingerprint density at radius 1 is 1.52 bits per heavy atom. The Hall–Kier alpha value is -1.52. The summed E-state index contributed by atoms with van der Waals surface area (Å²) >= 11 is 6.14. The SMILES string of the molecule is CC(NC(=O)/C=C/CN(C)C)c1cc(Cl)cc2c1OCC2. The van der Waals surface area contributed by atoms with Crippen molar-refractivity contribution >= 4 is 17.5 Å². The van der Waals surface area contributed by atoms with Gasteiger partial charge in [-0.1, -0.05) is 17.7 Å². The van der Waals surface area contributed by atoms with E-state index in [0.717, 1.165) is 29.8 Å². The number of nitrogens with one attached hydrogen (secondary N) is 1. The van der Waals surface area contributed by atoms with Gasteiger partial charge in [-0.25, -0.2) is 0 Å². The van der Waals surface area contributed by atoms with Crippen molar-refractivity contribution in [3.8, 4) is 5.75 Å². The van der Waals surface area contributed by atoms with Crippen LogP contribution < -0.4 is 10.1 Å². The Morgan fingerprint density at radius 3 is 3.00 bits per heavy atom. The zero-order valence-corrected chi connectivity index (χ0v) is 13.4. The van der Waals surface area contributed by atoms with Gasteiger partial charge in [0, 0.05) is 29.6 Å². The van der Waals surface area contributed by atoms with Crippen LogP contribution in [0.25, 0.3) is 0 Å². The molecule has 114 valence electrons. The zero-order valence-electron chi connectivity index (χ0n) is 12.6. The molecule has 21 heavy (non-hydrogen) atoms. The molecule has 1 aromatic rings. The number of nitrogens with zero attached hydrogens (tertiary/aromatic N) is 1. The molecule has 1 aromatic carbocycles. The van der Waals surface area contributed by atoms with E-state index in [0.29, 0.717) is 11.6 Å². The highest BCUT2D eigenvalue weighted by Gasteiger charge is 2.21. The fraction of sp³-hybridized carbons (Fsp3) is 0.438. The molecule has 4 nitrogen and oxygen atoms in total. The summed E-state index contributed by atoms with van der Waals surface area (Å²) in [5.74, 6) is 0.751. The van der Waals surface area contributed by atoms with Gasteiger partial charge in [0.1, 0.15) is 5.75 Å². The molecule has 1 atom stereocenters. The van der Waals surface area contributed by atoms with Crippen molar-refractivity contribution in [2.24, 2.45) is 0 Å². The van der Waals surface area contributed by atoms with Gasteiger partial charge in [0.2, 0.25) is 5.91 Å². The van der Waals surface area contributed by atoms with E-state index in [2.05, 4.69) is 5.32 Å². The first-order valence-corrected chi connectivity index (χ1v) is 7.42. The van der Waals surface area contributed by atoms with Crippen LogP contribution in [0.2, 0.25) is 5.02 Å². The second-order valence-corrected chi connectivity index (χ2v) is 5.91. The highest BCUT2D eigenvalue weighted by atomic mass is 35.5. The van der Waals surface area contributed by atoms with Crippen LogP contribution in [0.4, 0.5) is 0 Å². The minimum atomic E-state index is -0.146. The Balaban J connectivity index is 2.06. The van der Waals surface area contributed by atoms with E-state index in [1.54, 1.807) is 6.08 Å². The molecule has 0 aliphatic carbocycles. The number of amides is 1. The summed E-state index contributed by atoms with van der Waals surface area (Å²) in [6.07, 6.45) is 4.26. The lowest BCUT2D eigenvalue weighted by Crippen LogP contribution is -2.25. The lowest BCUT2D eigenvalue weighted by atomic mass is 10.0. The summed E-state index contributed by atoms with van der Waals surface area (Å²) in [6.45, 7) is 3.34. The molecule has 0 radical (unpaired) electrons. The van der Waals surface area contributed by atoms with Gasteiger partial charge >= 0.3 is 0 Å². The first-order chi connectivity index (χ1) is 9.97. The molecule has 2 rings (SSSR count). The van der Waals surface area contributed by atoms with Crippen LogP contribution in [-0.4, -0.2) is 38.1 Å². The zero-order chi connectivity index (χ0) is 15.4. The summed E-state index contributed by atoms with van der Waals surface area (Å²) in [5.41, 5.74) is 2.05. The Morgan fingerprint density at radius 2 is 2.29 bits per heavy atom. The molecule has 0 saturated carbocycles. The van der Waals surface area contributed by atoms with Crippen molar-refractivity contribution in [2.45, 2.75) is 19.4 Å². The third-order valence-corrected chi connectivity index (χ3v) is 3.56. The molecule has 5 heteroatoms. The highest BCUT2D eigenvalue weighted by molar-refractivity contribution is 6.30. The van der Waals surface area contributed by atoms with E-state index in [1.165, 1.54) is 0 Å². The third-order valence-electron chi connectivity index (χ3n) is 3.34. The van der Waals surface area contributed by atoms with Crippen LogP contribution in [0.5, 0.6) is 5.75 Å². The molecule has 0 saturated heterocycles. The summed E-state index contributed by atoms with van der Waals surface area (Å²) in [6, 6.07) is 3.64. The van der Waals surface area contributed by atoms with Crippen molar-refractivity contribution in [1.29, 1.82) is 0 Å². The molecule has 1 aliphatic heterocycles. The summed E-state index contributed by atoms with van der Waals surface area (Å²) in [4.78, 5) is 13.9. The fourth-order valence-corrected chi connectivity index (χ4v) is 2.58. The summed E-state index contributed by atoms with van der Waals surface area (Å²) in [5, 5.41) is 3.62. The van der Waals surface area contributed by atoms with Crippen LogP contribution in [-0.2, 0) is 11.2 Å². The third kappa shape index (κ3) is 4.22. The Bertz CT molecular complexity index is 555. The predicted molar refractivity (Wildman–Crippen MR) is 84.9 cm³/mol. The molecule has 1 amide bonds. The van der Waals surface area contributed by atoms with Crippen molar-refractivity contribution in [1.82, 2.24) is 10.2 Å². The van der Waals surface area contributed by atoms with Crippen LogP contribution >= 0.6 is 11.6 Å². The standard InChI is InChI=1S/C16H21ClN2O2/c1-11(18-15(20)5-4-7-19(2)3)14-10-13(17)9-12-6-8-21-16(12)14/h4-5,9-11H,6-8H2,1-3H3,(H,18,20)/b5-4+. The molecule has 1 aliphatic rings. The molecular formula is C16H21ClN2O2. The average molecular weight is 309 g/mol. The second-order valence-electron chi connectivity index (χ2n) is 5.48. The molecule has 1 unspecified atom stereocenters. The number of carbonyl (C=O) groups excluding carboxylic acids is 1. The van der Waals surface area contributed by atoms with Crippen molar-refractivity contribution < 1.29 is 9.53 Å². The number of ether oxygens (including phenoxy) is 1. The second kappa shape index (κ2) is 6.96. The molecule has 0 aromatic heterocycles. The minimum Gasteiger partial charge on any atom is -0.493 e. The predicted octanol–water partition coefficient (Wildman–Crippen LogP) is 2.57. The largest absolute Gasteiger partial charge is 0.493 e. The average Bonchev–Trinajstić information content (AvgIpc) is 2.84. The first kappa shape index (κ1) is 15.9. The van der Waals surface area contributed by atoms with Gasteiger partial charge in [-0.2, -0.15) is 0 Å². The Labute approximate surface area is 130 Å². The van der Waals surface area contributed by atoms with Gasteiger partial charge in [-0.15, -0.1) is 0 Å². The molecule has 0 bridgehead atoms.